The minimum absolute atomic E-state index is 0.177. The molecule has 0 radical (unpaired) electrons. The number of hydrogen-bond acceptors (Lipinski definition) is 4. The third kappa shape index (κ3) is 6.26. The molecule has 2 N–H and O–H groups in total. The highest BCUT2D eigenvalue weighted by Gasteiger charge is 2.35. The standard InChI is InChI=1S/C20H24ClNO5S2/c21-18-7-9-19(10-8-18)29(26,27)22-15-20(11-1-2-12-20)13-16-3-5-17(6-4-16)14-28(23,24)25/h3-10,22H,1-2,11-15H2,(H,23,24,25). The zero-order valence-electron chi connectivity index (χ0n) is 15.8. The van der Waals surface area contributed by atoms with Crippen LogP contribution in [0.3, 0.4) is 0 Å². The summed E-state index contributed by atoms with van der Waals surface area (Å²) in [5.74, 6) is -0.417. The van der Waals surface area contributed by atoms with E-state index in [4.69, 9.17) is 16.2 Å². The van der Waals surface area contributed by atoms with Crippen LogP contribution in [0.2, 0.25) is 5.02 Å². The van der Waals surface area contributed by atoms with Crippen molar-refractivity contribution in [3.8, 4) is 0 Å². The topological polar surface area (TPSA) is 101 Å². The van der Waals surface area contributed by atoms with E-state index < -0.39 is 25.9 Å². The lowest BCUT2D eigenvalue weighted by Gasteiger charge is -2.29. The normalized spacial score (nSPS) is 16.8. The van der Waals surface area contributed by atoms with Crippen LogP contribution in [0.25, 0.3) is 0 Å². The van der Waals surface area contributed by atoms with Crippen LogP contribution in [0.5, 0.6) is 0 Å². The van der Waals surface area contributed by atoms with Gasteiger partial charge in [0.05, 0.1) is 4.90 Å². The highest BCUT2D eigenvalue weighted by atomic mass is 35.5. The van der Waals surface area contributed by atoms with Gasteiger partial charge in [0.2, 0.25) is 10.0 Å². The molecule has 1 fully saturated rings. The second-order valence-electron chi connectivity index (χ2n) is 7.71. The van der Waals surface area contributed by atoms with Crippen molar-refractivity contribution >= 4 is 31.7 Å². The summed E-state index contributed by atoms with van der Waals surface area (Å²) in [6.45, 7) is 0.338. The molecule has 0 spiro atoms. The monoisotopic (exact) mass is 457 g/mol. The van der Waals surface area contributed by atoms with E-state index in [0.717, 1.165) is 31.2 Å². The molecule has 0 atom stereocenters. The Bertz CT molecular complexity index is 1040. The Hall–Kier alpha value is -1.45. The van der Waals surface area contributed by atoms with E-state index in [2.05, 4.69) is 4.72 Å². The van der Waals surface area contributed by atoms with Crippen LogP contribution in [0.15, 0.2) is 53.4 Å². The summed E-state index contributed by atoms with van der Waals surface area (Å²) in [4.78, 5) is 0.185. The smallest absolute Gasteiger partial charge is 0.269 e. The summed E-state index contributed by atoms with van der Waals surface area (Å²) in [7, 11) is -7.69. The molecular weight excluding hydrogens is 434 g/mol. The Morgan fingerprint density at radius 2 is 1.45 bits per heavy atom. The molecule has 1 aliphatic carbocycles. The fourth-order valence-electron chi connectivity index (χ4n) is 3.88. The van der Waals surface area contributed by atoms with Gasteiger partial charge in [0.25, 0.3) is 10.1 Å². The molecule has 1 aliphatic rings. The predicted molar refractivity (Wildman–Crippen MR) is 113 cm³/mol. The molecule has 0 aromatic heterocycles. The van der Waals surface area contributed by atoms with Crippen LogP contribution < -0.4 is 4.72 Å². The highest BCUT2D eigenvalue weighted by Crippen LogP contribution is 2.40. The van der Waals surface area contributed by atoms with Crippen LogP contribution in [-0.4, -0.2) is 27.9 Å². The van der Waals surface area contributed by atoms with Crippen LogP contribution >= 0.6 is 11.6 Å². The second-order valence-corrected chi connectivity index (χ2v) is 11.4. The summed E-state index contributed by atoms with van der Waals surface area (Å²) in [6, 6.07) is 13.1. The maximum Gasteiger partial charge on any atom is 0.269 e. The van der Waals surface area contributed by atoms with Gasteiger partial charge in [-0.05, 0) is 60.1 Å². The summed E-state index contributed by atoms with van der Waals surface area (Å²) < 4.78 is 59.0. The zero-order valence-corrected chi connectivity index (χ0v) is 18.2. The molecule has 9 heteroatoms. The van der Waals surface area contributed by atoms with Crippen LogP contribution in [-0.2, 0) is 32.3 Å². The lowest BCUT2D eigenvalue weighted by atomic mass is 9.80. The van der Waals surface area contributed by atoms with Crippen LogP contribution in [0, 0.1) is 5.41 Å². The van der Waals surface area contributed by atoms with E-state index in [1.165, 1.54) is 12.1 Å². The van der Waals surface area contributed by atoms with Crippen molar-refractivity contribution in [1.82, 2.24) is 4.72 Å². The highest BCUT2D eigenvalue weighted by molar-refractivity contribution is 7.89. The Labute approximate surface area is 177 Å². The van der Waals surface area contributed by atoms with Gasteiger partial charge in [0.15, 0.2) is 0 Å². The van der Waals surface area contributed by atoms with Gasteiger partial charge >= 0.3 is 0 Å². The predicted octanol–water partition coefficient (Wildman–Crippen LogP) is 3.81. The summed E-state index contributed by atoms with van der Waals surface area (Å²) >= 11 is 5.84. The molecule has 0 amide bonds. The minimum Gasteiger partial charge on any atom is -0.285 e. The molecule has 158 valence electrons. The maximum atomic E-state index is 12.6. The molecule has 1 saturated carbocycles. The fraction of sp³-hybridized carbons (Fsp3) is 0.400. The SMILES string of the molecule is O=S(=O)(O)Cc1ccc(CC2(CNS(=O)(=O)c3ccc(Cl)cc3)CCCC2)cc1. The van der Waals surface area contributed by atoms with Gasteiger partial charge in [-0.25, -0.2) is 13.1 Å². The van der Waals surface area contributed by atoms with Crippen molar-refractivity contribution in [2.75, 3.05) is 6.54 Å². The van der Waals surface area contributed by atoms with E-state index in [0.29, 0.717) is 23.6 Å². The van der Waals surface area contributed by atoms with Gasteiger partial charge < -0.3 is 0 Å². The van der Waals surface area contributed by atoms with Crippen molar-refractivity contribution < 1.29 is 21.4 Å². The van der Waals surface area contributed by atoms with Crippen molar-refractivity contribution in [2.24, 2.45) is 5.41 Å². The Morgan fingerprint density at radius 3 is 2.00 bits per heavy atom. The van der Waals surface area contributed by atoms with Crippen molar-refractivity contribution in [3.05, 3.63) is 64.7 Å². The fourth-order valence-corrected chi connectivity index (χ4v) is 5.78. The first-order valence-corrected chi connectivity index (χ1v) is 12.8. The lowest BCUT2D eigenvalue weighted by Crippen LogP contribution is -2.37. The van der Waals surface area contributed by atoms with E-state index in [1.54, 1.807) is 24.3 Å². The molecular formula is C20H24ClNO5S2. The number of halogens is 1. The second kappa shape index (κ2) is 8.73. The molecule has 0 unspecified atom stereocenters. The summed E-state index contributed by atoms with van der Waals surface area (Å²) in [5.41, 5.74) is 1.35. The number of nitrogens with one attached hydrogen (secondary N) is 1. The first kappa shape index (κ1) is 22.2. The first-order valence-electron chi connectivity index (χ1n) is 9.35. The van der Waals surface area contributed by atoms with E-state index in [9.17, 15) is 16.8 Å². The Balaban J connectivity index is 1.71. The number of sulfonamides is 1. The zero-order chi connectivity index (χ0) is 21.1. The Morgan fingerprint density at radius 1 is 0.897 bits per heavy atom. The van der Waals surface area contributed by atoms with Gasteiger partial charge in [-0.15, -0.1) is 0 Å². The average molecular weight is 458 g/mol. The molecule has 3 rings (SSSR count). The van der Waals surface area contributed by atoms with E-state index in [1.807, 2.05) is 12.1 Å². The van der Waals surface area contributed by atoms with Gasteiger partial charge in [-0.3, -0.25) is 4.55 Å². The molecule has 0 heterocycles. The van der Waals surface area contributed by atoms with Gasteiger partial charge in [-0.2, -0.15) is 8.42 Å². The summed E-state index contributed by atoms with van der Waals surface area (Å²) in [6.07, 6.45) is 4.63. The quantitative estimate of drug-likeness (QED) is 0.587. The van der Waals surface area contributed by atoms with Gasteiger partial charge in [0, 0.05) is 11.6 Å². The molecule has 2 aromatic carbocycles. The minimum atomic E-state index is -4.06. The third-order valence-electron chi connectivity index (χ3n) is 5.38. The molecule has 0 saturated heterocycles. The number of rotatable bonds is 8. The Kier molecular flexibility index (Phi) is 6.70. The molecule has 29 heavy (non-hydrogen) atoms. The third-order valence-corrected chi connectivity index (χ3v) is 7.74. The number of hydrogen-bond donors (Lipinski definition) is 2. The molecule has 0 aliphatic heterocycles. The first-order chi connectivity index (χ1) is 13.6. The van der Waals surface area contributed by atoms with Crippen molar-refractivity contribution in [2.45, 2.75) is 42.8 Å². The maximum absolute atomic E-state index is 12.6. The molecule has 0 bridgehead atoms. The van der Waals surface area contributed by atoms with E-state index >= 15 is 0 Å². The van der Waals surface area contributed by atoms with Gasteiger partial charge in [-0.1, -0.05) is 48.7 Å². The summed E-state index contributed by atoms with van der Waals surface area (Å²) in [5, 5.41) is 0.480. The van der Waals surface area contributed by atoms with Crippen molar-refractivity contribution in [3.63, 3.8) is 0 Å². The number of benzene rings is 2. The van der Waals surface area contributed by atoms with Crippen LogP contribution in [0.4, 0.5) is 0 Å². The van der Waals surface area contributed by atoms with Gasteiger partial charge in [0.1, 0.15) is 5.75 Å². The largest absolute Gasteiger partial charge is 0.285 e. The lowest BCUT2D eigenvalue weighted by molar-refractivity contribution is 0.295. The van der Waals surface area contributed by atoms with Crippen molar-refractivity contribution in [1.29, 1.82) is 0 Å². The molecule has 2 aromatic rings. The van der Waals surface area contributed by atoms with Crippen LogP contribution in [0.1, 0.15) is 36.8 Å². The van der Waals surface area contributed by atoms with E-state index in [-0.39, 0.29) is 10.3 Å². The average Bonchev–Trinajstić information content (AvgIpc) is 3.10. The molecule has 6 nitrogen and oxygen atoms in total.